The molecule has 2 heterocycles. The number of carbonyl (C=O) groups excluding carboxylic acids is 1. The van der Waals surface area contributed by atoms with E-state index < -0.39 is 11.1 Å². The van der Waals surface area contributed by atoms with Gasteiger partial charge in [-0.05, 0) is 43.9 Å². The van der Waals surface area contributed by atoms with Gasteiger partial charge >= 0.3 is 0 Å². The van der Waals surface area contributed by atoms with Crippen LogP contribution in [-0.4, -0.2) is 35.3 Å². The van der Waals surface area contributed by atoms with Gasteiger partial charge in [-0.3, -0.25) is 4.79 Å². The molecule has 0 radical (unpaired) electrons. The van der Waals surface area contributed by atoms with Crippen LogP contribution in [-0.2, 0) is 10.3 Å². The Bertz CT molecular complexity index is 1120. The van der Waals surface area contributed by atoms with E-state index in [2.05, 4.69) is 6.58 Å². The molecule has 1 fully saturated rings. The molecule has 0 atom stereocenters. The molecule has 1 saturated carbocycles. The second-order valence-corrected chi connectivity index (χ2v) is 8.87. The number of fused-ring (bicyclic) bond motifs is 1. The van der Waals surface area contributed by atoms with Crippen molar-refractivity contribution in [3.63, 3.8) is 0 Å². The van der Waals surface area contributed by atoms with Gasteiger partial charge in [0, 0.05) is 23.7 Å². The summed E-state index contributed by atoms with van der Waals surface area (Å²) in [7, 11) is 1.73. The third kappa shape index (κ3) is 3.87. The molecule has 0 saturated heterocycles. The van der Waals surface area contributed by atoms with E-state index in [1.807, 2.05) is 62.4 Å². The van der Waals surface area contributed by atoms with Gasteiger partial charge in [0.2, 0.25) is 5.88 Å². The van der Waals surface area contributed by atoms with Crippen LogP contribution in [0.1, 0.15) is 37.8 Å². The van der Waals surface area contributed by atoms with Crippen LogP contribution in [0.15, 0.2) is 61.2 Å². The number of aliphatic hydroxyl groups is 1. The molecular formula is C26H29N3O3. The molecule has 1 aromatic carbocycles. The van der Waals surface area contributed by atoms with Gasteiger partial charge in [-0.2, -0.15) is 0 Å². The Morgan fingerprint density at radius 3 is 2.59 bits per heavy atom. The Balaban J connectivity index is 1.80. The molecule has 4 rings (SSSR count). The zero-order valence-corrected chi connectivity index (χ0v) is 18.8. The number of anilines is 1. The highest BCUT2D eigenvalue weighted by atomic mass is 16.5. The second kappa shape index (κ2) is 8.04. The SMILES string of the molecule is C=C/C=C\C(=C/C)c1cc2c(nc1-c1ccc(C3(N)CC(C)(O)C3)cc1)OCC(=O)N2C. The third-order valence-corrected chi connectivity index (χ3v) is 6.20. The average Bonchev–Trinajstić information content (AvgIpc) is 2.75. The largest absolute Gasteiger partial charge is 0.466 e. The summed E-state index contributed by atoms with van der Waals surface area (Å²) in [6.07, 6.45) is 8.61. The summed E-state index contributed by atoms with van der Waals surface area (Å²) in [5.74, 6) is 0.319. The lowest BCUT2D eigenvalue weighted by molar-refractivity contribution is -0.121. The highest BCUT2D eigenvalue weighted by Crippen LogP contribution is 2.46. The van der Waals surface area contributed by atoms with Gasteiger partial charge in [0.1, 0.15) is 5.69 Å². The van der Waals surface area contributed by atoms with Crippen molar-refractivity contribution >= 4 is 17.2 Å². The van der Waals surface area contributed by atoms with Gasteiger partial charge in [0.05, 0.1) is 11.3 Å². The molecule has 6 nitrogen and oxygen atoms in total. The first-order valence-corrected chi connectivity index (χ1v) is 10.7. The van der Waals surface area contributed by atoms with E-state index in [0.29, 0.717) is 24.4 Å². The number of rotatable bonds is 5. The van der Waals surface area contributed by atoms with Crippen molar-refractivity contribution in [2.45, 2.75) is 37.8 Å². The lowest BCUT2D eigenvalue weighted by atomic mass is 9.63. The maximum Gasteiger partial charge on any atom is 0.264 e. The highest BCUT2D eigenvalue weighted by molar-refractivity contribution is 5.98. The molecule has 0 spiro atoms. The monoisotopic (exact) mass is 431 g/mol. The second-order valence-electron chi connectivity index (χ2n) is 8.87. The molecule has 1 aliphatic carbocycles. The van der Waals surface area contributed by atoms with Crippen LogP contribution in [0.5, 0.6) is 5.88 Å². The first-order chi connectivity index (χ1) is 15.2. The third-order valence-electron chi connectivity index (χ3n) is 6.20. The zero-order chi connectivity index (χ0) is 23.1. The molecule has 2 aromatic rings. The summed E-state index contributed by atoms with van der Waals surface area (Å²) >= 11 is 0. The Labute approximate surface area is 188 Å². The topological polar surface area (TPSA) is 88.7 Å². The number of ether oxygens (including phenoxy) is 1. The molecule has 1 aromatic heterocycles. The van der Waals surface area contributed by atoms with E-state index in [1.54, 1.807) is 18.0 Å². The molecule has 3 N–H and O–H groups in total. The minimum absolute atomic E-state index is 0.0311. The number of benzene rings is 1. The van der Waals surface area contributed by atoms with Crippen LogP contribution in [0, 0.1) is 0 Å². The van der Waals surface area contributed by atoms with Crippen molar-refractivity contribution in [3.8, 4) is 17.1 Å². The van der Waals surface area contributed by atoms with Crippen LogP contribution in [0.25, 0.3) is 16.8 Å². The molecule has 32 heavy (non-hydrogen) atoms. The number of hydrogen-bond donors (Lipinski definition) is 2. The summed E-state index contributed by atoms with van der Waals surface area (Å²) in [6, 6.07) is 9.94. The first-order valence-electron chi connectivity index (χ1n) is 10.7. The lowest BCUT2D eigenvalue weighted by Gasteiger charge is -2.49. The molecule has 0 bridgehead atoms. The lowest BCUT2D eigenvalue weighted by Crippen LogP contribution is -2.58. The van der Waals surface area contributed by atoms with Crippen molar-refractivity contribution in [2.75, 3.05) is 18.6 Å². The van der Waals surface area contributed by atoms with Crippen molar-refractivity contribution in [2.24, 2.45) is 5.73 Å². The fourth-order valence-corrected chi connectivity index (χ4v) is 4.62. The highest BCUT2D eigenvalue weighted by Gasteiger charge is 2.49. The predicted octanol–water partition coefficient (Wildman–Crippen LogP) is 3.95. The number of carbonyl (C=O) groups is 1. The molecule has 2 aliphatic rings. The van der Waals surface area contributed by atoms with Crippen molar-refractivity contribution in [3.05, 3.63) is 72.3 Å². The Hall–Kier alpha value is -3.22. The summed E-state index contributed by atoms with van der Waals surface area (Å²) in [5, 5.41) is 10.1. The smallest absolute Gasteiger partial charge is 0.264 e. The maximum absolute atomic E-state index is 12.1. The van der Waals surface area contributed by atoms with Crippen LogP contribution in [0.2, 0.25) is 0 Å². The van der Waals surface area contributed by atoms with Crippen LogP contribution < -0.4 is 15.4 Å². The average molecular weight is 432 g/mol. The van der Waals surface area contributed by atoms with E-state index in [9.17, 15) is 9.90 Å². The minimum atomic E-state index is -0.709. The molecule has 1 amide bonds. The molecule has 0 unspecified atom stereocenters. The van der Waals surface area contributed by atoms with Crippen molar-refractivity contribution in [1.82, 2.24) is 4.98 Å². The van der Waals surface area contributed by atoms with Gasteiger partial charge < -0.3 is 20.5 Å². The van der Waals surface area contributed by atoms with E-state index in [0.717, 1.165) is 28.0 Å². The van der Waals surface area contributed by atoms with E-state index >= 15 is 0 Å². The Kier molecular flexibility index (Phi) is 5.53. The molecule has 166 valence electrons. The quantitative estimate of drug-likeness (QED) is 0.700. The van der Waals surface area contributed by atoms with Crippen LogP contribution in [0.3, 0.4) is 0 Å². The summed E-state index contributed by atoms with van der Waals surface area (Å²) in [5.41, 5.74) is 10.4. The maximum atomic E-state index is 12.1. The van der Waals surface area contributed by atoms with Crippen molar-refractivity contribution in [1.29, 1.82) is 0 Å². The number of aromatic nitrogens is 1. The first kappa shape index (κ1) is 22.0. The van der Waals surface area contributed by atoms with Crippen LogP contribution in [0.4, 0.5) is 5.69 Å². The van der Waals surface area contributed by atoms with Gasteiger partial charge in [0.15, 0.2) is 6.61 Å². The Morgan fingerprint density at radius 1 is 1.31 bits per heavy atom. The zero-order valence-electron chi connectivity index (χ0n) is 18.8. The van der Waals surface area contributed by atoms with E-state index in [-0.39, 0.29) is 12.5 Å². The predicted molar refractivity (Wildman–Crippen MR) is 127 cm³/mol. The molecule has 6 heteroatoms. The van der Waals surface area contributed by atoms with Crippen molar-refractivity contribution < 1.29 is 14.6 Å². The normalized spacial score (nSPS) is 25.3. The van der Waals surface area contributed by atoms with Gasteiger partial charge in [-0.1, -0.05) is 55.1 Å². The van der Waals surface area contributed by atoms with Gasteiger partial charge in [-0.15, -0.1) is 0 Å². The Morgan fingerprint density at radius 2 is 2.00 bits per heavy atom. The number of nitrogens with two attached hydrogens (primary N) is 1. The van der Waals surface area contributed by atoms with Gasteiger partial charge in [0.25, 0.3) is 5.91 Å². The number of likely N-dealkylation sites (N-methyl/N-ethyl adjacent to an activating group) is 1. The van der Waals surface area contributed by atoms with E-state index in [4.69, 9.17) is 15.5 Å². The van der Waals surface area contributed by atoms with E-state index in [1.165, 1.54) is 0 Å². The number of pyridine rings is 1. The fourth-order valence-electron chi connectivity index (χ4n) is 4.62. The summed E-state index contributed by atoms with van der Waals surface area (Å²) in [6.45, 7) is 7.50. The number of hydrogen-bond acceptors (Lipinski definition) is 5. The molecular weight excluding hydrogens is 402 g/mol. The van der Waals surface area contributed by atoms with Crippen LogP contribution >= 0.6 is 0 Å². The summed E-state index contributed by atoms with van der Waals surface area (Å²) < 4.78 is 5.64. The number of allylic oxidation sites excluding steroid dienone is 5. The number of amides is 1. The van der Waals surface area contributed by atoms with Gasteiger partial charge in [-0.25, -0.2) is 4.98 Å². The fraction of sp³-hybridized carbons (Fsp3) is 0.308. The number of nitrogens with zero attached hydrogens (tertiary/aromatic N) is 2. The molecule has 1 aliphatic heterocycles. The summed E-state index contributed by atoms with van der Waals surface area (Å²) in [4.78, 5) is 18.5. The minimum Gasteiger partial charge on any atom is -0.466 e. The standard InChI is InChI=1S/C26H29N3O3/c1-5-7-8-17(6-2)20-13-21-24(32-14-22(30)29(21)4)28-23(20)18-9-11-19(12-10-18)26(27)15-25(3,31)16-26/h5-13,31H,1,14-16,27H2,2-4H3/b8-7-,17-6+.